The molecule has 0 saturated heterocycles. The third-order valence-electron chi connectivity index (χ3n) is 2.76. The molecule has 0 aromatic heterocycles. The maximum atomic E-state index is 12.5. The van der Waals surface area contributed by atoms with Gasteiger partial charge in [0, 0.05) is 12.1 Å². The lowest BCUT2D eigenvalue weighted by molar-refractivity contribution is -0.118. The molecule has 0 aliphatic carbocycles. The van der Waals surface area contributed by atoms with Crippen LogP contribution in [0, 0.1) is 6.92 Å². The molecule has 0 unspecified atom stereocenters. The van der Waals surface area contributed by atoms with Crippen LogP contribution in [0.15, 0.2) is 23.1 Å². The molecule has 8 heteroatoms. The van der Waals surface area contributed by atoms with Crippen molar-refractivity contribution in [1.29, 1.82) is 0 Å². The Morgan fingerprint density at radius 3 is 2.35 bits per heavy atom. The number of nitrogens with two attached hydrogens (primary N) is 2. The van der Waals surface area contributed by atoms with Crippen LogP contribution in [0.5, 0.6) is 0 Å². The molecule has 1 aromatic carbocycles. The van der Waals surface area contributed by atoms with Gasteiger partial charge in [-0.25, -0.2) is 8.42 Å². The van der Waals surface area contributed by atoms with Crippen molar-refractivity contribution in [3.05, 3.63) is 29.3 Å². The van der Waals surface area contributed by atoms with Gasteiger partial charge in [-0.05, 0) is 24.6 Å². The minimum atomic E-state index is -3.77. The number of rotatable bonds is 6. The second-order valence-corrected chi connectivity index (χ2v) is 6.59. The number of nitrogens with zero attached hydrogens (tertiary/aromatic N) is 1. The van der Waals surface area contributed by atoms with E-state index in [4.69, 9.17) is 23.7 Å². The number of benzene rings is 1. The Labute approximate surface area is 123 Å². The van der Waals surface area contributed by atoms with Crippen molar-refractivity contribution in [1.82, 2.24) is 4.31 Å². The van der Waals surface area contributed by atoms with E-state index in [2.05, 4.69) is 0 Å². The Balaban J connectivity index is 3.27. The van der Waals surface area contributed by atoms with Crippen molar-refractivity contribution in [2.75, 3.05) is 13.1 Å². The summed E-state index contributed by atoms with van der Waals surface area (Å²) < 4.78 is 25.9. The van der Waals surface area contributed by atoms with Crippen molar-refractivity contribution in [3.8, 4) is 0 Å². The third-order valence-corrected chi connectivity index (χ3v) is 5.08. The topological polar surface area (TPSA) is 106 Å². The van der Waals surface area contributed by atoms with Gasteiger partial charge in [0.2, 0.25) is 15.9 Å². The Hall–Kier alpha value is -1.51. The molecule has 0 atom stereocenters. The first-order valence-corrected chi connectivity index (χ1v) is 7.74. The van der Waals surface area contributed by atoms with Crippen LogP contribution in [0.25, 0.3) is 0 Å². The normalized spacial score (nSPS) is 11.6. The highest BCUT2D eigenvalue weighted by Gasteiger charge is 2.26. The summed E-state index contributed by atoms with van der Waals surface area (Å²) in [6.07, 6.45) is 0. The summed E-state index contributed by atoms with van der Waals surface area (Å²) in [5.74, 6) is -0.701. The van der Waals surface area contributed by atoms with Crippen molar-refractivity contribution >= 4 is 33.1 Å². The van der Waals surface area contributed by atoms with Gasteiger partial charge in [-0.1, -0.05) is 25.2 Å². The third kappa shape index (κ3) is 3.53. The quantitative estimate of drug-likeness (QED) is 0.725. The molecule has 1 aromatic rings. The predicted molar refractivity (Wildman–Crippen MR) is 80.7 cm³/mol. The zero-order chi connectivity index (χ0) is 15.5. The fourth-order valence-corrected chi connectivity index (χ4v) is 3.52. The van der Waals surface area contributed by atoms with E-state index in [0.29, 0.717) is 11.1 Å². The lowest BCUT2D eigenvalue weighted by Crippen LogP contribution is -2.38. The summed E-state index contributed by atoms with van der Waals surface area (Å²) >= 11 is 4.85. The summed E-state index contributed by atoms with van der Waals surface area (Å²) in [7, 11) is -3.77. The zero-order valence-electron chi connectivity index (χ0n) is 11.3. The van der Waals surface area contributed by atoms with E-state index in [9.17, 15) is 13.2 Å². The van der Waals surface area contributed by atoms with Crippen molar-refractivity contribution in [3.63, 3.8) is 0 Å². The number of hydrogen-bond acceptors (Lipinski definition) is 4. The lowest BCUT2D eigenvalue weighted by Gasteiger charge is -2.20. The Kier molecular flexibility index (Phi) is 5.21. The molecule has 4 N–H and O–H groups in total. The first-order chi connectivity index (χ1) is 9.20. The molecular weight excluding hydrogens is 298 g/mol. The monoisotopic (exact) mass is 315 g/mol. The number of sulfonamides is 1. The molecule has 0 bridgehead atoms. The lowest BCUT2D eigenvalue weighted by atomic mass is 10.1. The number of carbonyl (C=O) groups is 1. The van der Waals surface area contributed by atoms with Crippen molar-refractivity contribution in [2.24, 2.45) is 11.5 Å². The number of likely N-dealkylation sites (N-methyl/N-ethyl adjacent to an activating group) is 1. The molecule has 0 fully saturated rings. The van der Waals surface area contributed by atoms with E-state index in [-0.39, 0.29) is 23.0 Å². The van der Waals surface area contributed by atoms with Crippen LogP contribution in [-0.2, 0) is 14.8 Å². The van der Waals surface area contributed by atoms with Crippen LogP contribution < -0.4 is 11.5 Å². The van der Waals surface area contributed by atoms with Gasteiger partial charge in [0.05, 0.1) is 11.4 Å². The second-order valence-electron chi connectivity index (χ2n) is 4.24. The maximum Gasteiger partial charge on any atom is 0.243 e. The van der Waals surface area contributed by atoms with Crippen LogP contribution in [0.1, 0.15) is 18.1 Å². The van der Waals surface area contributed by atoms with E-state index in [1.807, 2.05) is 0 Å². The fourth-order valence-electron chi connectivity index (χ4n) is 1.77. The van der Waals surface area contributed by atoms with Crippen LogP contribution in [-0.4, -0.2) is 36.7 Å². The SMILES string of the molecule is CCN(CC(N)=O)S(=O)(=O)c1ccc(C(N)=S)cc1C. The Morgan fingerprint density at radius 1 is 1.35 bits per heavy atom. The van der Waals surface area contributed by atoms with Crippen LogP contribution in [0.2, 0.25) is 0 Å². The molecule has 0 aliphatic heterocycles. The smallest absolute Gasteiger partial charge is 0.243 e. The zero-order valence-corrected chi connectivity index (χ0v) is 12.9. The van der Waals surface area contributed by atoms with Crippen LogP contribution >= 0.6 is 12.2 Å². The summed E-state index contributed by atoms with van der Waals surface area (Å²) in [6, 6.07) is 4.58. The minimum Gasteiger partial charge on any atom is -0.389 e. The molecule has 1 amide bonds. The Bertz CT molecular complexity index is 641. The van der Waals surface area contributed by atoms with Gasteiger partial charge in [-0.3, -0.25) is 4.79 Å². The van der Waals surface area contributed by atoms with E-state index in [1.165, 1.54) is 6.07 Å². The van der Waals surface area contributed by atoms with E-state index < -0.39 is 15.9 Å². The number of aryl methyl sites for hydroxylation is 1. The van der Waals surface area contributed by atoms with E-state index in [1.54, 1.807) is 26.0 Å². The molecule has 0 saturated carbocycles. The summed E-state index contributed by atoms with van der Waals surface area (Å²) in [5, 5.41) is 0. The molecule has 0 aliphatic rings. The first kappa shape index (κ1) is 16.5. The average Bonchev–Trinajstić information content (AvgIpc) is 2.34. The van der Waals surface area contributed by atoms with Crippen molar-refractivity contribution in [2.45, 2.75) is 18.7 Å². The predicted octanol–water partition coefficient (Wildman–Crippen LogP) is 0.125. The highest BCUT2D eigenvalue weighted by atomic mass is 32.2. The van der Waals surface area contributed by atoms with Gasteiger partial charge in [0.15, 0.2) is 0 Å². The van der Waals surface area contributed by atoms with Gasteiger partial charge >= 0.3 is 0 Å². The number of primary amides is 1. The van der Waals surface area contributed by atoms with Gasteiger partial charge in [0.1, 0.15) is 4.99 Å². The fraction of sp³-hybridized carbons (Fsp3) is 0.333. The molecule has 0 radical (unpaired) electrons. The van der Waals surface area contributed by atoms with Crippen LogP contribution in [0.3, 0.4) is 0 Å². The largest absolute Gasteiger partial charge is 0.389 e. The van der Waals surface area contributed by atoms with Gasteiger partial charge < -0.3 is 11.5 Å². The Morgan fingerprint density at radius 2 is 1.95 bits per heavy atom. The van der Waals surface area contributed by atoms with E-state index in [0.717, 1.165) is 4.31 Å². The number of carbonyl (C=O) groups excluding carboxylic acids is 1. The van der Waals surface area contributed by atoms with Crippen LogP contribution in [0.4, 0.5) is 0 Å². The first-order valence-electron chi connectivity index (χ1n) is 5.89. The number of thiocarbonyl (C=S) groups is 1. The molecule has 1 rings (SSSR count). The number of amides is 1. The van der Waals surface area contributed by atoms with Gasteiger partial charge in [-0.2, -0.15) is 4.31 Å². The second kappa shape index (κ2) is 6.29. The van der Waals surface area contributed by atoms with Crippen molar-refractivity contribution < 1.29 is 13.2 Å². The summed E-state index contributed by atoms with van der Waals surface area (Å²) in [4.78, 5) is 11.3. The molecule has 20 heavy (non-hydrogen) atoms. The van der Waals surface area contributed by atoms with E-state index >= 15 is 0 Å². The highest BCUT2D eigenvalue weighted by Crippen LogP contribution is 2.21. The maximum absolute atomic E-state index is 12.5. The van der Waals surface area contributed by atoms with Gasteiger partial charge in [0.25, 0.3) is 0 Å². The standard InChI is InChI=1S/C12H17N3O3S2/c1-3-15(7-11(13)16)20(17,18)10-5-4-9(12(14)19)6-8(10)2/h4-6H,3,7H2,1-2H3,(H2,13,16)(H2,14,19). The molecule has 110 valence electrons. The minimum absolute atomic E-state index is 0.112. The molecule has 6 nitrogen and oxygen atoms in total. The molecular formula is C12H17N3O3S2. The highest BCUT2D eigenvalue weighted by molar-refractivity contribution is 7.89. The van der Waals surface area contributed by atoms with Gasteiger partial charge in [-0.15, -0.1) is 0 Å². The molecule has 0 spiro atoms. The number of hydrogen-bond donors (Lipinski definition) is 2. The molecule has 0 heterocycles. The summed E-state index contributed by atoms with van der Waals surface area (Å²) in [5.41, 5.74) is 11.7. The average molecular weight is 315 g/mol. The summed E-state index contributed by atoms with van der Waals surface area (Å²) in [6.45, 7) is 3.09.